The zero-order chi connectivity index (χ0) is 16.4. The van der Waals surface area contributed by atoms with E-state index in [0.29, 0.717) is 17.9 Å². The van der Waals surface area contributed by atoms with Gasteiger partial charge in [0.15, 0.2) is 11.5 Å². The summed E-state index contributed by atoms with van der Waals surface area (Å²) < 4.78 is 10.7. The Balaban J connectivity index is 2.07. The van der Waals surface area contributed by atoms with Crippen LogP contribution in [0.15, 0.2) is 36.4 Å². The van der Waals surface area contributed by atoms with Crippen molar-refractivity contribution in [1.82, 2.24) is 0 Å². The fraction of sp³-hybridized carbons (Fsp3) is 0.278. The number of carbonyl (C=O) groups excluding carboxylic acids is 1. The Morgan fingerprint density at radius 2 is 1.74 bits per heavy atom. The lowest BCUT2D eigenvalue weighted by Crippen LogP contribution is -2.23. The van der Waals surface area contributed by atoms with Crippen molar-refractivity contribution in [2.45, 2.75) is 12.3 Å². The minimum Gasteiger partial charge on any atom is -0.493 e. The monoisotopic (exact) mass is 312 g/mol. The highest BCUT2D eigenvalue weighted by Crippen LogP contribution is 2.43. The molecule has 0 aliphatic carbocycles. The summed E-state index contributed by atoms with van der Waals surface area (Å²) in [5.41, 5.74) is 3.97. The Bertz CT molecular complexity index is 726. The molecule has 1 unspecified atom stereocenters. The van der Waals surface area contributed by atoms with Crippen molar-refractivity contribution in [3.63, 3.8) is 0 Å². The number of rotatable bonds is 4. The van der Waals surface area contributed by atoms with E-state index in [4.69, 9.17) is 9.47 Å². The van der Waals surface area contributed by atoms with Crippen LogP contribution in [-0.4, -0.2) is 27.2 Å². The summed E-state index contributed by atoms with van der Waals surface area (Å²) in [5, 5.41) is 6.02. The number of hydrogen-bond donors (Lipinski definition) is 2. The van der Waals surface area contributed by atoms with Crippen LogP contribution in [0.4, 0.5) is 11.4 Å². The maximum atomic E-state index is 12.1. The van der Waals surface area contributed by atoms with Crippen LogP contribution in [0.25, 0.3) is 0 Å². The standard InChI is InChI=1S/C18H20N2O3/c1-19-12-6-4-11(5-7-12)13-9-18(21)20-15-10-17(23-3)16(22-2)8-14(13)15/h4-8,10,13,19H,9H2,1-3H3,(H,20,21). The Morgan fingerprint density at radius 3 is 2.35 bits per heavy atom. The molecule has 0 bridgehead atoms. The average Bonchev–Trinajstić information content (AvgIpc) is 2.59. The third-order valence-corrected chi connectivity index (χ3v) is 4.20. The zero-order valence-electron chi connectivity index (χ0n) is 13.5. The molecule has 120 valence electrons. The fourth-order valence-electron chi connectivity index (χ4n) is 2.97. The molecule has 23 heavy (non-hydrogen) atoms. The number of nitrogens with one attached hydrogen (secondary N) is 2. The highest BCUT2D eigenvalue weighted by molar-refractivity contribution is 5.96. The summed E-state index contributed by atoms with van der Waals surface area (Å²) in [5.74, 6) is 1.29. The molecule has 0 spiro atoms. The molecule has 0 fully saturated rings. The summed E-state index contributed by atoms with van der Waals surface area (Å²) in [6, 6.07) is 11.9. The molecular formula is C18H20N2O3. The third kappa shape index (κ3) is 2.82. The minimum atomic E-state index is 0.00413. The van der Waals surface area contributed by atoms with Crippen molar-refractivity contribution in [3.05, 3.63) is 47.5 Å². The van der Waals surface area contributed by atoms with Gasteiger partial charge in [0, 0.05) is 36.8 Å². The van der Waals surface area contributed by atoms with Crippen LogP contribution < -0.4 is 20.1 Å². The first-order chi connectivity index (χ1) is 11.2. The molecule has 1 aliphatic rings. The van der Waals surface area contributed by atoms with E-state index < -0.39 is 0 Å². The molecule has 1 amide bonds. The van der Waals surface area contributed by atoms with Crippen LogP contribution in [0, 0.1) is 0 Å². The van der Waals surface area contributed by atoms with Gasteiger partial charge < -0.3 is 20.1 Å². The van der Waals surface area contributed by atoms with E-state index in [1.54, 1.807) is 14.2 Å². The van der Waals surface area contributed by atoms with Crippen molar-refractivity contribution >= 4 is 17.3 Å². The number of anilines is 2. The molecule has 5 heteroatoms. The van der Waals surface area contributed by atoms with Gasteiger partial charge in [-0.2, -0.15) is 0 Å². The van der Waals surface area contributed by atoms with Crippen molar-refractivity contribution < 1.29 is 14.3 Å². The maximum Gasteiger partial charge on any atom is 0.225 e. The number of hydrogen-bond acceptors (Lipinski definition) is 4. The summed E-state index contributed by atoms with van der Waals surface area (Å²) in [6.07, 6.45) is 0.418. The van der Waals surface area contributed by atoms with Gasteiger partial charge >= 0.3 is 0 Å². The second-order valence-corrected chi connectivity index (χ2v) is 5.47. The van der Waals surface area contributed by atoms with Gasteiger partial charge in [-0.3, -0.25) is 4.79 Å². The van der Waals surface area contributed by atoms with Gasteiger partial charge in [-0.1, -0.05) is 12.1 Å². The summed E-state index contributed by atoms with van der Waals surface area (Å²) in [4.78, 5) is 12.1. The lowest BCUT2D eigenvalue weighted by atomic mass is 9.84. The number of carbonyl (C=O) groups is 1. The largest absolute Gasteiger partial charge is 0.493 e. The van der Waals surface area contributed by atoms with Crippen LogP contribution in [0.1, 0.15) is 23.5 Å². The SMILES string of the molecule is CNc1ccc(C2CC(=O)Nc3cc(OC)c(OC)cc32)cc1. The molecule has 0 saturated carbocycles. The maximum absolute atomic E-state index is 12.1. The van der Waals surface area contributed by atoms with Gasteiger partial charge in [-0.05, 0) is 29.3 Å². The van der Waals surface area contributed by atoms with E-state index >= 15 is 0 Å². The topological polar surface area (TPSA) is 59.6 Å². The normalized spacial score (nSPS) is 16.3. The molecule has 2 aromatic rings. The quantitative estimate of drug-likeness (QED) is 0.910. The number of fused-ring (bicyclic) bond motifs is 1. The molecule has 2 aromatic carbocycles. The Morgan fingerprint density at radius 1 is 1.09 bits per heavy atom. The highest BCUT2D eigenvalue weighted by atomic mass is 16.5. The minimum absolute atomic E-state index is 0.00413. The smallest absolute Gasteiger partial charge is 0.225 e. The molecule has 0 radical (unpaired) electrons. The van der Waals surface area contributed by atoms with E-state index in [1.165, 1.54) is 0 Å². The molecule has 0 saturated heterocycles. The second kappa shape index (κ2) is 6.20. The van der Waals surface area contributed by atoms with Crippen molar-refractivity contribution in [1.29, 1.82) is 0 Å². The molecular weight excluding hydrogens is 292 g/mol. The van der Waals surface area contributed by atoms with Crippen molar-refractivity contribution in [2.24, 2.45) is 0 Å². The molecule has 5 nitrogen and oxygen atoms in total. The van der Waals surface area contributed by atoms with Gasteiger partial charge in [-0.25, -0.2) is 0 Å². The first kappa shape index (κ1) is 15.2. The number of methoxy groups -OCH3 is 2. The van der Waals surface area contributed by atoms with Gasteiger partial charge in [0.2, 0.25) is 5.91 Å². The fourth-order valence-corrected chi connectivity index (χ4v) is 2.97. The van der Waals surface area contributed by atoms with Crippen LogP contribution in [0.2, 0.25) is 0 Å². The van der Waals surface area contributed by atoms with Gasteiger partial charge in [0.25, 0.3) is 0 Å². The van der Waals surface area contributed by atoms with E-state index in [1.807, 2.05) is 31.3 Å². The van der Waals surface area contributed by atoms with E-state index in [2.05, 4.69) is 22.8 Å². The number of benzene rings is 2. The lowest BCUT2D eigenvalue weighted by Gasteiger charge is -2.27. The molecule has 1 atom stereocenters. The van der Waals surface area contributed by atoms with Gasteiger partial charge in [0.05, 0.1) is 14.2 Å². The van der Waals surface area contributed by atoms with Crippen LogP contribution >= 0.6 is 0 Å². The average molecular weight is 312 g/mol. The van der Waals surface area contributed by atoms with Gasteiger partial charge in [0.1, 0.15) is 0 Å². The Labute approximate surface area is 135 Å². The first-order valence-electron chi connectivity index (χ1n) is 7.49. The lowest BCUT2D eigenvalue weighted by molar-refractivity contribution is -0.116. The summed E-state index contributed by atoms with van der Waals surface area (Å²) in [6.45, 7) is 0. The first-order valence-corrected chi connectivity index (χ1v) is 7.49. The summed E-state index contributed by atoms with van der Waals surface area (Å²) in [7, 11) is 5.08. The van der Waals surface area contributed by atoms with Crippen LogP contribution in [0.3, 0.4) is 0 Å². The molecule has 2 N–H and O–H groups in total. The number of amides is 1. The highest BCUT2D eigenvalue weighted by Gasteiger charge is 2.28. The van der Waals surface area contributed by atoms with Crippen molar-refractivity contribution in [2.75, 3.05) is 31.9 Å². The molecule has 0 aromatic heterocycles. The van der Waals surface area contributed by atoms with Crippen LogP contribution in [-0.2, 0) is 4.79 Å². The van der Waals surface area contributed by atoms with Crippen LogP contribution in [0.5, 0.6) is 11.5 Å². The zero-order valence-corrected chi connectivity index (χ0v) is 13.5. The Kier molecular flexibility index (Phi) is 4.10. The van der Waals surface area contributed by atoms with E-state index in [-0.39, 0.29) is 11.8 Å². The van der Waals surface area contributed by atoms with E-state index in [0.717, 1.165) is 22.5 Å². The third-order valence-electron chi connectivity index (χ3n) is 4.20. The predicted molar refractivity (Wildman–Crippen MR) is 90.6 cm³/mol. The molecule has 3 rings (SSSR count). The Hall–Kier alpha value is -2.69. The number of ether oxygens (including phenoxy) is 2. The second-order valence-electron chi connectivity index (χ2n) is 5.47. The van der Waals surface area contributed by atoms with E-state index in [9.17, 15) is 4.79 Å². The van der Waals surface area contributed by atoms with Gasteiger partial charge in [-0.15, -0.1) is 0 Å². The molecule has 1 heterocycles. The van der Waals surface area contributed by atoms with Crippen molar-refractivity contribution in [3.8, 4) is 11.5 Å². The summed E-state index contributed by atoms with van der Waals surface area (Å²) >= 11 is 0. The predicted octanol–water partition coefficient (Wildman–Crippen LogP) is 3.22. The molecule has 1 aliphatic heterocycles.